The van der Waals surface area contributed by atoms with E-state index in [9.17, 15) is 0 Å². The first kappa shape index (κ1) is 8.41. The smallest absolute Gasteiger partial charge is 0.136 e. The quantitative estimate of drug-likeness (QED) is 0.752. The molecule has 3 rings (SSSR count). The van der Waals surface area contributed by atoms with Crippen molar-refractivity contribution in [3.63, 3.8) is 0 Å². The van der Waals surface area contributed by atoms with Gasteiger partial charge in [0.05, 0.1) is 0 Å². The molecule has 0 amide bonds. The summed E-state index contributed by atoms with van der Waals surface area (Å²) in [6.07, 6.45) is 4.53. The summed E-state index contributed by atoms with van der Waals surface area (Å²) in [6.45, 7) is 1.28. The minimum atomic E-state index is 0.283. The molecular weight excluding hydrogens is 178 g/mol. The molecule has 0 aromatic carbocycles. The van der Waals surface area contributed by atoms with Crippen LogP contribution in [0.1, 0.15) is 36.8 Å². The van der Waals surface area contributed by atoms with E-state index in [0.717, 1.165) is 25.2 Å². The minimum Gasteiger partial charge on any atom is -0.396 e. The standard InChI is InChI=1S/C10H15N3O/c14-6-7-3-4-13-9(5-7)11-12-10(13)8-1-2-8/h7-8,14H,1-6H2. The Morgan fingerprint density at radius 2 is 2.14 bits per heavy atom. The fraction of sp³-hybridized carbons (Fsp3) is 0.800. The van der Waals surface area contributed by atoms with E-state index in [1.807, 2.05) is 0 Å². The first-order valence-electron chi connectivity index (χ1n) is 5.41. The summed E-state index contributed by atoms with van der Waals surface area (Å²) in [7, 11) is 0. The lowest BCUT2D eigenvalue weighted by Gasteiger charge is -2.21. The highest BCUT2D eigenvalue weighted by Gasteiger charge is 2.32. The topological polar surface area (TPSA) is 50.9 Å². The predicted octanol–water partition coefficient (Wildman–Crippen LogP) is 0.710. The Hall–Kier alpha value is -0.900. The summed E-state index contributed by atoms with van der Waals surface area (Å²) in [4.78, 5) is 0. The first-order valence-corrected chi connectivity index (χ1v) is 5.41. The van der Waals surface area contributed by atoms with Gasteiger partial charge in [-0.1, -0.05) is 0 Å². The van der Waals surface area contributed by atoms with Crippen molar-refractivity contribution in [2.24, 2.45) is 5.92 Å². The SMILES string of the molecule is OCC1CCn2c(nnc2C2CC2)C1. The van der Waals surface area contributed by atoms with Crippen LogP contribution in [0.3, 0.4) is 0 Å². The summed E-state index contributed by atoms with van der Waals surface area (Å²) >= 11 is 0. The Labute approximate surface area is 83.0 Å². The lowest BCUT2D eigenvalue weighted by Crippen LogP contribution is -2.23. The zero-order valence-corrected chi connectivity index (χ0v) is 8.19. The molecule has 1 atom stereocenters. The third-order valence-electron chi connectivity index (χ3n) is 3.29. The molecule has 76 valence electrons. The Kier molecular flexibility index (Phi) is 1.83. The average molecular weight is 193 g/mol. The molecule has 1 unspecified atom stereocenters. The molecule has 1 fully saturated rings. The van der Waals surface area contributed by atoms with Gasteiger partial charge in [-0.2, -0.15) is 0 Å². The van der Waals surface area contributed by atoms with E-state index >= 15 is 0 Å². The van der Waals surface area contributed by atoms with Crippen LogP contribution < -0.4 is 0 Å². The number of hydrogen-bond donors (Lipinski definition) is 1. The molecule has 1 saturated carbocycles. The van der Waals surface area contributed by atoms with Crippen molar-refractivity contribution < 1.29 is 5.11 Å². The van der Waals surface area contributed by atoms with Gasteiger partial charge in [0.1, 0.15) is 11.6 Å². The molecule has 1 aliphatic carbocycles. The zero-order chi connectivity index (χ0) is 9.54. The molecule has 0 radical (unpaired) electrons. The molecule has 1 aromatic heterocycles. The number of aromatic nitrogens is 3. The molecule has 2 heterocycles. The van der Waals surface area contributed by atoms with E-state index in [-0.39, 0.29) is 6.61 Å². The average Bonchev–Trinajstić information content (AvgIpc) is 2.98. The highest BCUT2D eigenvalue weighted by Crippen LogP contribution is 2.40. The second kappa shape index (κ2) is 3.05. The molecule has 2 aliphatic rings. The minimum absolute atomic E-state index is 0.283. The van der Waals surface area contributed by atoms with E-state index in [0.29, 0.717) is 11.8 Å². The molecule has 1 aromatic rings. The third-order valence-corrected chi connectivity index (χ3v) is 3.29. The van der Waals surface area contributed by atoms with Crippen LogP contribution in [0.15, 0.2) is 0 Å². The van der Waals surface area contributed by atoms with Crippen molar-refractivity contribution in [3.05, 3.63) is 11.6 Å². The van der Waals surface area contributed by atoms with Crippen LogP contribution in [-0.2, 0) is 13.0 Å². The predicted molar refractivity (Wildman–Crippen MR) is 50.9 cm³/mol. The molecule has 0 bridgehead atoms. The summed E-state index contributed by atoms with van der Waals surface area (Å²) in [5.74, 6) is 3.36. The highest BCUT2D eigenvalue weighted by atomic mass is 16.3. The van der Waals surface area contributed by atoms with Crippen molar-refractivity contribution in [2.75, 3.05) is 6.61 Å². The Bertz CT molecular complexity index is 343. The van der Waals surface area contributed by atoms with E-state index in [1.165, 1.54) is 18.7 Å². The molecule has 1 N–H and O–H groups in total. The van der Waals surface area contributed by atoms with Crippen LogP contribution in [0.25, 0.3) is 0 Å². The van der Waals surface area contributed by atoms with Crippen LogP contribution >= 0.6 is 0 Å². The normalized spacial score (nSPS) is 26.2. The Morgan fingerprint density at radius 1 is 1.29 bits per heavy atom. The summed E-state index contributed by atoms with van der Waals surface area (Å²) < 4.78 is 2.27. The number of aliphatic hydroxyl groups is 1. The van der Waals surface area contributed by atoms with Crippen molar-refractivity contribution in [1.82, 2.24) is 14.8 Å². The first-order chi connectivity index (χ1) is 6.88. The number of aliphatic hydroxyl groups excluding tert-OH is 1. The number of fused-ring (bicyclic) bond motifs is 1. The van der Waals surface area contributed by atoms with Crippen molar-refractivity contribution in [3.8, 4) is 0 Å². The molecule has 0 spiro atoms. The van der Waals surface area contributed by atoms with E-state index in [2.05, 4.69) is 14.8 Å². The Morgan fingerprint density at radius 3 is 2.86 bits per heavy atom. The van der Waals surface area contributed by atoms with Gasteiger partial charge in [-0.3, -0.25) is 0 Å². The largest absolute Gasteiger partial charge is 0.396 e. The molecule has 4 nitrogen and oxygen atoms in total. The third kappa shape index (κ3) is 1.25. The van der Waals surface area contributed by atoms with Crippen LogP contribution in [0.4, 0.5) is 0 Å². The zero-order valence-electron chi connectivity index (χ0n) is 8.19. The van der Waals surface area contributed by atoms with Crippen LogP contribution in [0.2, 0.25) is 0 Å². The fourth-order valence-corrected chi connectivity index (χ4v) is 2.22. The second-order valence-electron chi connectivity index (χ2n) is 4.44. The molecule has 0 saturated heterocycles. The number of hydrogen-bond acceptors (Lipinski definition) is 3. The van der Waals surface area contributed by atoms with Crippen LogP contribution in [0.5, 0.6) is 0 Å². The summed E-state index contributed by atoms with van der Waals surface area (Å²) in [5, 5.41) is 17.6. The summed E-state index contributed by atoms with van der Waals surface area (Å²) in [6, 6.07) is 0. The van der Waals surface area contributed by atoms with Crippen molar-refractivity contribution >= 4 is 0 Å². The molecule has 4 heteroatoms. The molecular formula is C10H15N3O. The van der Waals surface area contributed by atoms with E-state index in [4.69, 9.17) is 5.11 Å². The van der Waals surface area contributed by atoms with Crippen LogP contribution in [0, 0.1) is 5.92 Å². The fourth-order valence-electron chi connectivity index (χ4n) is 2.22. The maximum absolute atomic E-state index is 9.09. The van der Waals surface area contributed by atoms with Gasteiger partial charge in [0.2, 0.25) is 0 Å². The van der Waals surface area contributed by atoms with Gasteiger partial charge in [-0.05, 0) is 25.2 Å². The van der Waals surface area contributed by atoms with E-state index in [1.54, 1.807) is 0 Å². The molecule has 1 aliphatic heterocycles. The number of rotatable bonds is 2. The maximum atomic E-state index is 9.09. The van der Waals surface area contributed by atoms with Crippen molar-refractivity contribution in [1.29, 1.82) is 0 Å². The lowest BCUT2D eigenvalue weighted by molar-refractivity contribution is 0.198. The monoisotopic (exact) mass is 193 g/mol. The van der Waals surface area contributed by atoms with Gasteiger partial charge in [0.25, 0.3) is 0 Å². The highest BCUT2D eigenvalue weighted by molar-refractivity contribution is 5.10. The van der Waals surface area contributed by atoms with Gasteiger partial charge in [0, 0.05) is 25.5 Å². The second-order valence-corrected chi connectivity index (χ2v) is 4.44. The summed E-state index contributed by atoms with van der Waals surface area (Å²) in [5.41, 5.74) is 0. The molecule has 14 heavy (non-hydrogen) atoms. The van der Waals surface area contributed by atoms with Gasteiger partial charge < -0.3 is 9.67 Å². The lowest BCUT2D eigenvalue weighted by atomic mass is 9.99. The van der Waals surface area contributed by atoms with Gasteiger partial charge in [-0.25, -0.2) is 0 Å². The van der Waals surface area contributed by atoms with Gasteiger partial charge in [-0.15, -0.1) is 10.2 Å². The maximum Gasteiger partial charge on any atom is 0.136 e. The Balaban J connectivity index is 1.88. The number of nitrogens with zero attached hydrogens (tertiary/aromatic N) is 3. The van der Waals surface area contributed by atoms with E-state index < -0.39 is 0 Å². The van der Waals surface area contributed by atoms with Crippen molar-refractivity contribution in [2.45, 2.75) is 38.1 Å². The van der Waals surface area contributed by atoms with Gasteiger partial charge in [0.15, 0.2) is 0 Å². The van der Waals surface area contributed by atoms with Crippen LogP contribution in [-0.4, -0.2) is 26.5 Å². The van der Waals surface area contributed by atoms with Gasteiger partial charge >= 0.3 is 0 Å².